The number of hydrogen-bond acceptors (Lipinski definition) is 9. The van der Waals surface area contributed by atoms with Gasteiger partial charge in [0, 0.05) is 44.8 Å². The van der Waals surface area contributed by atoms with Crippen molar-refractivity contribution in [1.29, 1.82) is 0 Å². The molecule has 2 N–H and O–H groups in total. The summed E-state index contributed by atoms with van der Waals surface area (Å²) in [5, 5.41) is 6.37. The first-order valence-electron chi connectivity index (χ1n) is 13.6. The molecule has 0 saturated carbocycles. The molecule has 2 aliphatic heterocycles. The quantitative estimate of drug-likeness (QED) is 0.372. The molecule has 2 fully saturated rings. The van der Waals surface area contributed by atoms with Crippen molar-refractivity contribution in [2.24, 2.45) is 0 Å². The lowest BCUT2D eigenvalue weighted by Crippen LogP contribution is -2.54. The minimum absolute atomic E-state index is 0.118. The molecule has 3 heterocycles. The number of nitrogens with one attached hydrogen (secondary N) is 2. The number of aromatic nitrogens is 2. The summed E-state index contributed by atoms with van der Waals surface area (Å²) in [4.78, 5) is 27.4. The van der Waals surface area contributed by atoms with Crippen molar-refractivity contribution in [3.8, 4) is 11.6 Å². The molecule has 0 atom stereocenters. The van der Waals surface area contributed by atoms with Crippen molar-refractivity contribution < 1.29 is 18.7 Å². The summed E-state index contributed by atoms with van der Waals surface area (Å²) in [7, 11) is 5.78. The number of benzene rings is 1. The van der Waals surface area contributed by atoms with E-state index in [1.807, 2.05) is 24.8 Å². The van der Waals surface area contributed by atoms with E-state index in [2.05, 4.69) is 51.1 Å². The first-order valence-corrected chi connectivity index (χ1v) is 14.0. The predicted molar refractivity (Wildman–Crippen MR) is 159 cm³/mol. The highest BCUT2D eigenvalue weighted by molar-refractivity contribution is 6.31. The number of rotatable bonds is 11. The molecule has 1 aromatic heterocycles. The molecule has 220 valence electrons. The summed E-state index contributed by atoms with van der Waals surface area (Å²) in [6.07, 6.45) is 4.60. The lowest BCUT2D eigenvalue weighted by molar-refractivity contribution is -0.111. The van der Waals surface area contributed by atoms with E-state index in [0.29, 0.717) is 42.8 Å². The van der Waals surface area contributed by atoms with Crippen molar-refractivity contribution in [2.45, 2.75) is 38.8 Å². The second-order valence-electron chi connectivity index (χ2n) is 9.60. The van der Waals surface area contributed by atoms with E-state index in [-0.39, 0.29) is 35.5 Å². The zero-order chi connectivity index (χ0) is 29.2. The molecule has 2 saturated heterocycles. The molecule has 0 aliphatic carbocycles. The molecule has 0 unspecified atom stereocenters. The lowest BCUT2D eigenvalue weighted by atomic mass is 10.0. The summed E-state index contributed by atoms with van der Waals surface area (Å²) in [5.74, 6) is 0.747. The van der Waals surface area contributed by atoms with Gasteiger partial charge in [-0.3, -0.25) is 9.69 Å². The standard InChI is InChI=1S/C26H35ClFN7O3.C2H6/c1-5-24(36)30-20-12-21(23(37-4)13-22(20)35-9-6-17(7-10-35)33(2)3)31-26-29-14-19(27)25(32-26)38-18-15-34(16-18)11-8-28;1-2/h5,12-14,17-18H,1,6-11,15-16H2,2-4H3,(H,30,36)(H,29,31,32);1-2H3. The van der Waals surface area contributed by atoms with Crippen LogP contribution in [0.2, 0.25) is 5.02 Å². The molecule has 1 amide bonds. The van der Waals surface area contributed by atoms with Gasteiger partial charge in [-0.1, -0.05) is 32.0 Å². The zero-order valence-electron chi connectivity index (χ0n) is 24.0. The van der Waals surface area contributed by atoms with E-state index in [1.54, 1.807) is 13.2 Å². The maximum absolute atomic E-state index is 12.5. The highest BCUT2D eigenvalue weighted by atomic mass is 35.5. The van der Waals surface area contributed by atoms with Crippen LogP contribution >= 0.6 is 11.6 Å². The molecule has 1 aromatic carbocycles. The average molecular weight is 578 g/mol. The van der Waals surface area contributed by atoms with E-state index >= 15 is 0 Å². The first kappa shape index (κ1) is 31.4. The van der Waals surface area contributed by atoms with Gasteiger partial charge in [0.1, 0.15) is 23.6 Å². The Morgan fingerprint density at radius 3 is 2.55 bits per heavy atom. The Morgan fingerprint density at radius 2 is 1.95 bits per heavy atom. The molecular weight excluding hydrogens is 537 g/mol. The van der Waals surface area contributed by atoms with Crippen LogP contribution in [0.3, 0.4) is 0 Å². The van der Waals surface area contributed by atoms with Gasteiger partial charge in [-0.05, 0) is 39.1 Å². The number of halogens is 2. The summed E-state index contributed by atoms with van der Waals surface area (Å²) in [5.41, 5.74) is 2.04. The third-order valence-electron chi connectivity index (χ3n) is 6.86. The van der Waals surface area contributed by atoms with Crippen LogP contribution in [0, 0.1) is 0 Å². The topological polar surface area (TPSA) is 95.1 Å². The van der Waals surface area contributed by atoms with Gasteiger partial charge in [0.2, 0.25) is 17.7 Å². The predicted octanol–water partition coefficient (Wildman–Crippen LogP) is 4.60. The molecule has 0 spiro atoms. The smallest absolute Gasteiger partial charge is 0.247 e. The van der Waals surface area contributed by atoms with Crippen molar-refractivity contribution in [3.05, 3.63) is 36.0 Å². The number of amides is 1. The highest BCUT2D eigenvalue weighted by Crippen LogP contribution is 2.39. The van der Waals surface area contributed by atoms with Gasteiger partial charge in [-0.25, -0.2) is 9.37 Å². The molecule has 12 heteroatoms. The molecule has 2 aliphatic rings. The van der Waals surface area contributed by atoms with E-state index < -0.39 is 0 Å². The summed E-state index contributed by atoms with van der Waals surface area (Å²) in [6.45, 7) is 10.5. The van der Waals surface area contributed by atoms with Gasteiger partial charge < -0.3 is 29.9 Å². The highest BCUT2D eigenvalue weighted by Gasteiger charge is 2.29. The second kappa shape index (κ2) is 15.0. The summed E-state index contributed by atoms with van der Waals surface area (Å²) < 4.78 is 24.1. The van der Waals surface area contributed by atoms with Crippen molar-refractivity contribution >= 4 is 40.5 Å². The Hall–Kier alpha value is -3.15. The lowest BCUT2D eigenvalue weighted by Gasteiger charge is -2.38. The van der Waals surface area contributed by atoms with Gasteiger partial charge in [0.25, 0.3) is 0 Å². The van der Waals surface area contributed by atoms with Gasteiger partial charge >= 0.3 is 0 Å². The monoisotopic (exact) mass is 577 g/mol. The number of likely N-dealkylation sites (tertiary alicyclic amines) is 1. The summed E-state index contributed by atoms with van der Waals surface area (Å²) in [6, 6.07) is 4.22. The zero-order valence-corrected chi connectivity index (χ0v) is 24.8. The number of piperidine rings is 1. The van der Waals surface area contributed by atoms with Crippen LogP contribution in [0.5, 0.6) is 11.6 Å². The maximum atomic E-state index is 12.5. The van der Waals surface area contributed by atoms with Crippen molar-refractivity contribution in [2.75, 3.05) is 76.1 Å². The van der Waals surface area contributed by atoms with E-state index in [9.17, 15) is 9.18 Å². The van der Waals surface area contributed by atoms with Crippen molar-refractivity contribution in [3.63, 3.8) is 0 Å². The Bertz CT molecular complexity index is 1140. The molecular formula is C28H41ClFN7O3. The van der Waals surface area contributed by atoms with Crippen LogP contribution in [0.1, 0.15) is 26.7 Å². The van der Waals surface area contributed by atoms with Crippen LogP contribution in [-0.2, 0) is 4.79 Å². The van der Waals surface area contributed by atoms with Crippen LogP contribution in [0.15, 0.2) is 31.0 Å². The number of methoxy groups -OCH3 is 1. The number of alkyl halides is 1. The number of carbonyl (C=O) groups is 1. The minimum Gasteiger partial charge on any atom is -0.494 e. The fourth-order valence-corrected chi connectivity index (χ4v) is 4.81. The van der Waals surface area contributed by atoms with E-state index in [4.69, 9.17) is 21.1 Å². The van der Waals surface area contributed by atoms with Gasteiger partial charge in [0.05, 0.1) is 30.4 Å². The first-order chi connectivity index (χ1) is 19.3. The number of nitrogens with zero attached hydrogens (tertiary/aromatic N) is 5. The number of anilines is 4. The number of ether oxygens (including phenoxy) is 2. The third-order valence-corrected chi connectivity index (χ3v) is 7.12. The second-order valence-corrected chi connectivity index (χ2v) is 10.0. The van der Waals surface area contributed by atoms with Gasteiger partial charge in [-0.15, -0.1) is 0 Å². The van der Waals surface area contributed by atoms with Crippen LogP contribution in [-0.4, -0.2) is 98.4 Å². The normalized spacial score (nSPS) is 16.1. The van der Waals surface area contributed by atoms with Gasteiger partial charge in [0.15, 0.2) is 0 Å². The van der Waals surface area contributed by atoms with Crippen LogP contribution < -0.4 is 25.0 Å². The van der Waals surface area contributed by atoms with E-state index in [1.165, 1.54) is 12.3 Å². The van der Waals surface area contributed by atoms with Crippen molar-refractivity contribution in [1.82, 2.24) is 19.8 Å². The Labute approximate surface area is 241 Å². The minimum atomic E-state index is -0.390. The fraction of sp³-hybridized carbons (Fsp3) is 0.536. The Kier molecular flexibility index (Phi) is 11.8. The van der Waals surface area contributed by atoms with Gasteiger partial charge in [-0.2, -0.15) is 4.98 Å². The third kappa shape index (κ3) is 7.96. The maximum Gasteiger partial charge on any atom is 0.247 e. The fourth-order valence-electron chi connectivity index (χ4n) is 4.68. The number of carbonyl (C=O) groups excluding carboxylic acids is 1. The Morgan fingerprint density at radius 1 is 1.25 bits per heavy atom. The number of hydrogen-bond donors (Lipinski definition) is 2. The average Bonchev–Trinajstić information content (AvgIpc) is 2.94. The SMILES string of the molecule is C=CC(=O)Nc1cc(Nc2ncc(Cl)c(OC3CN(CCF)C3)n2)c(OC)cc1N1CCC(N(C)C)CC1.CC. The van der Waals surface area contributed by atoms with E-state index in [0.717, 1.165) is 31.6 Å². The van der Waals surface area contributed by atoms with Crippen LogP contribution in [0.4, 0.5) is 27.4 Å². The molecule has 2 aromatic rings. The summed E-state index contributed by atoms with van der Waals surface area (Å²) >= 11 is 6.27. The molecule has 40 heavy (non-hydrogen) atoms. The van der Waals surface area contributed by atoms with Crippen LogP contribution in [0.25, 0.3) is 0 Å². The largest absolute Gasteiger partial charge is 0.494 e. The molecule has 10 nitrogen and oxygen atoms in total. The molecule has 0 radical (unpaired) electrons. The molecule has 0 bridgehead atoms. The Balaban J connectivity index is 0.00000216. The molecule has 4 rings (SSSR count).